The van der Waals surface area contributed by atoms with E-state index < -0.39 is 11.9 Å². The van der Waals surface area contributed by atoms with Crippen LogP contribution in [0.1, 0.15) is 5.69 Å². The lowest BCUT2D eigenvalue weighted by molar-refractivity contribution is -0.141. The van der Waals surface area contributed by atoms with Crippen LogP contribution in [0.25, 0.3) is 5.95 Å². The highest BCUT2D eigenvalue weighted by molar-refractivity contribution is 6.28. The predicted molar refractivity (Wildman–Crippen MR) is 53.5 cm³/mol. The molecule has 0 saturated heterocycles. The van der Waals surface area contributed by atoms with E-state index >= 15 is 0 Å². The summed E-state index contributed by atoms with van der Waals surface area (Å²) >= 11 is 5.57. The first-order valence-corrected chi connectivity index (χ1v) is 4.87. The maximum Gasteiger partial charge on any atom is 0.435 e. The average Bonchev–Trinajstić information content (AvgIpc) is 2.77. The second-order valence-electron chi connectivity index (χ2n) is 3.03. The lowest BCUT2D eigenvalue weighted by Crippen LogP contribution is -2.09. The molecule has 0 saturated carbocycles. The van der Waals surface area contributed by atoms with E-state index in [1.165, 1.54) is 7.11 Å². The van der Waals surface area contributed by atoms with E-state index in [9.17, 15) is 13.2 Å². The summed E-state index contributed by atoms with van der Waals surface area (Å²) in [7, 11) is 1.29. The lowest BCUT2D eigenvalue weighted by atomic mass is 10.4. The smallest absolute Gasteiger partial charge is 0.435 e. The second kappa shape index (κ2) is 4.41. The van der Waals surface area contributed by atoms with Crippen molar-refractivity contribution in [1.29, 1.82) is 0 Å². The van der Waals surface area contributed by atoms with E-state index in [1.807, 2.05) is 0 Å². The normalized spacial score (nSPS) is 11.6. The van der Waals surface area contributed by atoms with Gasteiger partial charge in [-0.3, -0.25) is 0 Å². The quantitative estimate of drug-likeness (QED) is 0.838. The fourth-order valence-corrected chi connectivity index (χ4v) is 1.25. The van der Waals surface area contributed by atoms with Gasteiger partial charge in [0.1, 0.15) is 0 Å². The van der Waals surface area contributed by atoms with Crippen molar-refractivity contribution in [2.45, 2.75) is 6.18 Å². The molecule has 0 N–H and O–H groups in total. The van der Waals surface area contributed by atoms with Gasteiger partial charge in [0, 0.05) is 6.20 Å². The number of hydrogen-bond donors (Lipinski definition) is 0. The topological polar surface area (TPSA) is 65.7 Å². The van der Waals surface area contributed by atoms with Crippen molar-refractivity contribution in [2.75, 3.05) is 7.11 Å². The summed E-state index contributed by atoms with van der Waals surface area (Å²) in [6.07, 6.45) is -3.47. The molecule has 2 aromatic heterocycles. The summed E-state index contributed by atoms with van der Waals surface area (Å²) in [5, 5.41) is 3.09. The Morgan fingerprint density at radius 3 is 2.56 bits per heavy atom. The molecule has 6 nitrogen and oxygen atoms in total. The minimum Gasteiger partial charge on any atom is -0.467 e. The number of hydrogen-bond acceptors (Lipinski definition) is 5. The van der Waals surface area contributed by atoms with Crippen LogP contribution in [-0.2, 0) is 6.18 Å². The first kappa shape index (κ1) is 12.6. The SMILES string of the molecule is COc1nc(Cl)nc(-n2ccc(C(F)(F)F)n2)n1. The Kier molecular flexibility index (Phi) is 3.07. The Labute approximate surface area is 103 Å². The van der Waals surface area contributed by atoms with Gasteiger partial charge in [-0.15, -0.1) is 0 Å². The molecule has 0 radical (unpaired) electrons. The zero-order valence-electron chi connectivity index (χ0n) is 8.81. The Morgan fingerprint density at radius 1 is 1.28 bits per heavy atom. The predicted octanol–water partition coefficient (Wildman–Crippen LogP) is 1.74. The zero-order valence-corrected chi connectivity index (χ0v) is 9.57. The van der Waals surface area contributed by atoms with Crippen LogP contribution < -0.4 is 4.74 Å². The van der Waals surface area contributed by atoms with Crippen molar-refractivity contribution in [2.24, 2.45) is 0 Å². The Morgan fingerprint density at radius 2 is 2.00 bits per heavy atom. The fourth-order valence-electron chi connectivity index (χ4n) is 1.10. The highest BCUT2D eigenvalue weighted by Gasteiger charge is 2.33. The van der Waals surface area contributed by atoms with Gasteiger partial charge in [-0.25, -0.2) is 4.68 Å². The van der Waals surface area contributed by atoms with Gasteiger partial charge in [0.05, 0.1) is 7.11 Å². The molecule has 0 atom stereocenters. The van der Waals surface area contributed by atoms with Crippen LogP contribution >= 0.6 is 11.6 Å². The monoisotopic (exact) mass is 279 g/mol. The number of ether oxygens (including phenoxy) is 1. The maximum atomic E-state index is 12.4. The molecule has 96 valence electrons. The standard InChI is InChI=1S/C8H5ClF3N5O/c1-18-7-14-5(9)13-6(15-7)17-3-2-4(16-17)8(10,11)12/h2-3H,1H3. The van der Waals surface area contributed by atoms with Gasteiger partial charge < -0.3 is 4.74 Å². The molecule has 18 heavy (non-hydrogen) atoms. The zero-order chi connectivity index (χ0) is 13.3. The largest absolute Gasteiger partial charge is 0.467 e. The molecule has 2 rings (SSSR count). The van der Waals surface area contributed by atoms with Crippen molar-refractivity contribution in [3.05, 3.63) is 23.2 Å². The van der Waals surface area contributed by atoms with Crippen LogP contribution in [0.4, 0.5) is 13.2 Å². The Balaban J connectivity index is 2.43. The number of aromatic nitrogens is 5. The van der Waals surface area contributed by atoms with E-state index in [4.69, 9.17) is 16.3 Å². The van der Waals surface area contributed by atoms with E-state index in [0.29, 0.717) is 0 Å². The van der Waals surface area contributed by atoms with Crippen LogP contribution in [-0.4, -0.2) is 31.8 Å². The molecule has 0 aliphatic rings. The van der Waals surface area contributed by atoms with Gasteiger partial charge >= 0.3 is 12.2 Å². The van der Waals surface area contributed by atoms with Crippen molar-refractivity contribution >= 4 is 11.6 Å². The Bertz CT molecular complexity index is 570. The van der Waals surface area contributed by atoms with E-state index in [-0.39, 0.29) is 17.2 Å². The van der Waals surface area contributed by atoms with Crippen LogP contribution in [0.2, 0.25) is 5.28 Å². The van der Waals surface area contributed by atoms with Crippen LogP contribution in [0.15, 0.2) is 12.3 Å². The fraction of sp³-hybridized carbons (Fsp3) is 0.250. The summed E-state index contributed by atoms with van der Waals surface area (Å²) in [6.45, 7) is 0. The van der Waals surface area contributed by atoms with Gasteiger partial charge in [0.2, 0.25) is 5.28 Å². The number of rotatable bonds is 2. The molecule has 0 fully saturated rings. The van der Waals surface area contributed by atoms with Crippen molar-refractivity contribution in [3.8, 4) is 12.0 Å². The first-order valence-electron chi connectivity index (χ1n) is 4.49. The highest BCUT2D eigenvalue weighted by atomic mass is 35.5. The van der Waals surface area contributed by atoms with E-state index in [2.05, 4.69) is 20.1 Å². The second-order valence-corrected chi connectivity index (χ2v) is 3.37. The molecule has 2 heterocycles. The molecule has 0 aromatic carbocycles. The van der Waals surface area contributed by atoms with Crippen LogP contribution in [0, 0.1) is 0 Å². The van der Waals surface area contributed by atoms with Gasteiger partial charge in [-0.05, 0) is 17.7 Å². The van der Waals surface area contributed by atoms with Crippen molar-refractivity contribution in [3.63, 3.8) is 0 Å². The van der Waals surface area contributed by atoms with Crippen molar-refractivity contribution < 1.29 is 17.9 Å². The molecule has 10 heteroatoms. The molecule has 2 aromatic rings. The van der Waals surface area contributed by atoms with Gasteiger partial charge in [0.15, 0.2) is 5.69 Å². The van der Waals surface area contributed by atoms with E-state index in [0.717, 1.165) is 16.9 Å². The van der Waals surface area contributed by atoms with Gasteiger partial charge in [-0.1, -0.05) is 0 Å². The molecule has 0 aliphatic heterocycles. The molecular weight excluding hydrogens is 275 g/mol. The molecule has 0 spiro atoms. The molecule has 0 amide bonds. The summed E-state index contributed by atoms with van der Waals surface area (Å²) in [4.78, 5) is 11.0. The lowest BCUT2D eigenvalue weighted by Gasteiger charge is -2.03. The summed E-state index contributed by atoms with van der Waals surface area (Å²) < 4.78 is 42.6. The Hall–Kier alpha value is -1.90. The first-order chi connectivity index (χ1) is 8.40. The van der Waals surface area contributed by atoms with Crippen molar-refractivity contribution in [1.82, 2.24) is 24.7 Å². The number of alkyl halides is 3. The summed E-state index contributed by atoms with van der Waals surface area (Å²) in [5.74, 6) is -0.164. The molecular formula is C8H5ClF3N5O. The number of nitrogens with zero attached hydrogens (tertiary/aromatic N) is 5. The van der Waals surface area contributed by atoms with Crippen LogP contribution in [0.5, 0.6) is 6.01 Å². The maximum absolute atomic E-state index is 12.4. The minimum atomic E-state index is -4.54. The molecule has 0 unspecified atom stereocenters. The van der Waals surface area contributed by atoms with Gasteiger partial charge in [-0.2, -0.15) is 33.2 Å². The third-order valence-corrected chi connectivity index (χ3v) is 2.01. The summed E-state index contributed by atoms with van der Waals surface area (Å²) in [6, 6.07) is 0.679. The molecule has 0 bridgehead atoms. The minimum absolute atomic E-state index is 0.117. The third kappa shape index (κ3) is 2.50. The average molecular weight is 280 g/mol. The molecule has 0 aliphatic carbocycles. The number of methoxy groups -OCH3 is 1. The van der Waals surface area contributed by atoms with Crippen LogP contribution in [0.3, 0.4) is 0 Å². The number of halogens is 4. The summed E-state index contributed by atoms with van der Waals surface area (Å²) in [5.41, 5.74) is -1.06. The van der Waals surface area contributed by atoms with Gasteiger partial charge in [0.25, 0.3) is 5.95 Å². The third-order valence-electron chi connectivity index (χ3n) is 1.84. The highest BCUT2D eigenvalue weighted by Crippen LogP contribution is 2.27. The van der Waals surface area contributed by atoms with E-state index in [1.54, 1.807) is 0 Å².